The van der Waals surface area contributed by atoms with Gasteiger partial charge in [-0.05, 0) is 5.21 Å². The van der Waals surface area contributed by atoms with Crippen LogP contribution >= 0.6 is 0 Å². The summed E-state index contributed by atoms with van der Waals surface area (Å²) in [6.45, 7) is 0.264. The van der Waals surface area contributed by atoms with Gasteiger partial charge in [0.15, 0.2) is 5.76 Å². The number of nitrogens with zero attached hydrogens (tertiary/aromatic N) is 5. The zero-order chi connectivity index (χ0) is 9.26. The molecule has 0 unspecified atom stereocenters. The van der Waals surface area contributed by atoms with Gasteiger partial charge in [-0.15, -0.1) is 10.2 Å². The van der Waals surface area contributed by atoms with Gasteiger partial charge < -0.3 is 10.2 Å². The first-order chi connectivity index (χ1) is 6.29. The molecular formula is C6H8N6O. The molecule has 7 nitrogen and oxygen atoms in total. The molecule has 0 aliphatic rings. The van der Waals surface area contributed by atoms with Gasteiger partial charge in [-0.1, -0.05) is 0 Å². The third kappa shape index (κ3) is 1.41. The second-order valence-electron chi connectivity index (χ2n) is 2.42. The molecule has 13 heavy (non-hydrogen) atoms. The second-order valence-corrected chi connectivity index (χ2v) is 2.42. The normalized spacial score (nSPS) is 10.6. The summed E-state index contributed by atoms with van der Waals surface area (Å²) in [6, 6.07) is 0. The van der Waals surface area contributed by atoms with Gasteiger partial charge in [-0.3, -0.25) is 0 Å². The minimum Gasteiger partial charge on any atom is -0.436 e. The zero-order valence-electron chi connectivity index (χ0n) is 7.01. The van der Waals surface area contributed by atoms with E-state index in [2.05, 4.69) is 20.4 Å². The Morgan fingerprint density at radius 1 is 1.62 bits per heavy atom. The van der Waals surface area contributed by atoms with Crippen LogP contribution in [0.1, 0.15) is 5.89 Å². The van der Waals surface area contributed by atoms with E-state index in [-0.39, 0.29) is 6.54 Å². The van der Waals surface area contributed by atoms with Crippen molar-refractivity contribution in [2.24, 2.45) is 12.8 Å². The molecule has 7 heteroatoms. The van der Waals surface area contributed by atoms with E-state index in [1.807, 2.05) is 0 Å². The number of aryl methyl sites for hydroxylation is 1. The van der Waals surface area contributed by atoms with Gasteiger partial charge in [0, 0.05) is 0 Å². The number of hydrogen-bond acceptors (Lipinski definition) is 6. The summed E-state index contributed by atoms with van der Waals surface area (Å²) in [5.74, 6) is 1.35. The molecule has 0 aliphatic carbocycles. The van der Waals surface area contributed by atoms with Gasteiger partial charge in [0.25, 0.3) is 0 Å². The van der Waals surface area contributed by atoms with Crippen LogP contribution in [0.15, 0.2) is 10.6 Å². The highest BCUT2D eigenvalue weighted by Gasteiger charge is 2.09. The van der Waals surface area contributed by atoms with Crippen molar-refractivity contribution in [3.63, 3.8) is 0 Å². The number of aromatic nitrogens is 5. The van der Waals surface area contributed by atoms with Crippen molar-refractivity contribution >= 4 is 0 Å². The van der Waals surface area contributed by atoms with Crippen LogP contribution in [-0.2, 0) is 13.6 Å². The van der Waals surface area contributed by atoms with Crippen molar-refractivity contribution < 1.29 is 4.42 Å². The van der Waals surface area contributed by atoms with E-state index in [0.717, 1.165) is 0 Å². The molecule has 0 amide bonds. The van der Waals surface area contributed by atoms with Crippen molar-refractivity contribution in [1.82, 2.24) is 25.2 Å². The van der Waals surface area contributed by atoms with Crippen LogP contribution in [0.3, 0.4) is 0 Å². The molecule has 0 aliphatic heterocycles. The van der Waals surface area contributed by atoms with Crippen molar-refractivity contribution in [2.45, 2.75) is 6.54 Å². The van der Waals surface area contributed by atoms with Crippen molar-refractivity contribution in [3.05, 3.63) is 12.1 Å². The summed E-state index contributed by atoms with van der Waals surface area (Å²) in [5, 5.41) is 11.4. The van der Waals surface area contributed by atoms with Crippen LogP contribution in [0.4, 0.5) is 0 Å². The van der Waals surface area contributed by atoms with Gasteiger partial charge in [0.2, 0.25) is 11.7 Å². The van der Waals surface area contributed by atoms with E-state index in [1.54, 1.807) is 7.05 Å². The predicted molar refractivity (Wildman–Crippen MR) is 42.2 cm³/mol. The summed E-state index contributed by atoms with van der Waals surface area (Å²) in [7, 11) is 1.68. The first kappa shape index (κ1) is 7.87. The highest BCUT2D eigenvalue weighted by Crippen LogP contribution is 2.13. The molecule has 0 saturated carbocycles. The topological polar surface area (TPSA) is 95.7 Å². The van der Waals surface area contributed by atoms with E-state index in [4.69, 9.17) is 10.2 Å². The maximum atomic E-state index is 5.33. The standard InChI is InChI=1S/C6H8N6O/c1-12-10-6(9-11-12)4-3-8-5(2-7)13-4/h3H,2,7H2,1H3. The largest absolute Gasteiger partial charge is 0.436 e. The first-order valence-corrected chi connectivity index (χ1v) is 3.68. The lowest BCUT2D eigenvalue weighted by Gasteiger charge is -1.85. The molecule has 68 valence electrons. The summed E-state index contributed by atoms with van der Waals surface area (Å²) in [6.07, 6.45) is 1.53. The molecule has 0 bridgehead atoms. The second kappa shape index (κ2) is 2.94. The molecule has 2 heterocycles. The lowest BCUT2D eigenvalue weighted by molar-refractivity contribution is 0.506. The van der Waals surface area contributed by atoms with E-state index >= 15 is 0 Å². The molecule has 0 saturated heterocycles. The minimum absolute atomic E-state index is 0.264. The summed E-state index contributed by atoms with van der Waals surface area (Å²) in [4.78, 5) is 5.26. The Labute approximate surface area is 73.6 Å². The molecule has 0 atom stereocenters. The van der Waals surface area contributed by atoms with Gasteiger partial charge in [-0.25, -0.2) is 4.98 Å². The van der Waals surface area contributed by atoms with E-state index in [9.17, 15) is 0 Å². The number of oxazole rings is 1. The molecular weight excluding hydrogens is 172 g/mol. The number of hydrogen-bond donors (Lipinski definition) is 1. The molecule has 2 rings (SSSR count). The Morgan fingerprint density at radius 2 is 2.46 bits per heavy atom. The lowest BCUT2D eigenvalue weighted by Crippen LogP contribution is -1.94. The fourth-order valence-corrected chi connectivity index (χ4v) is 0.891. The SMILES string of the molecule is Cn1nnc(-c2cnc(CN)o2)n1. The fourth-order valence-electron chi connectivity index (χ4n) is 0.891. The third-order valence-electron chi connectivity index (χ3n) is 1.46. The molecule has 0 aromatic carbocycles. The molecule has 2 aromatic rings. The van der Waals surface area contributed by atoms with Gasteiger partial charge in [-0.2, -0.15) is 4.80 Å². The Morgan fingerprint density at radius 3 is 3.00 bits per heavy atom. The monoisotopic (exact) mass is 180 g/mol. The fraction of sp³-hybridized carbons (Fsp3) is 0.333. The van der Waals surface area contributed by atoms with Crippen LogP contribution in [0, 0.1) is 0 Å². The maximum absolute atomic E-state index is 5.33. The molecule has 0 fully saturated rings. The molecule has 0 spiro atoms. The number of rotatable bonds is 2. The summed E-state index contributed by atoms with van der Waals surface area (Å²) in [5.41, 5.74) is 5.33. The Hall–Kier alpha value is -1.76. The Bertz CT molecular complexity index is 405. The van der Waals surface area contributed by atoms with E-state index < -0.39 is 0 Å². The number of tetrazole rings is 1. The average molecular weight is 180 g/mol. The van der Waals surface area contributed by atoms with Crippen LogP contribution in [-0.4, -0.2) is 25.2 Å². The Balaban J connectivity index is 2.35. The zero-order valence-corrected chi connectivity index (χ0v) is 7.01. The van der Waals surface area contributed by atoms with E-state index in [1.165, 1.54) is 11.0 Å². The lowest BCUT2D eigenvalue weighted by atomic mass is 10.5. The Kier molecular flexibility index (Phi) is 1.78. The average Bonchev–Trinajstić information content (AvgIpc) is 2.71. The van der Waals surface area contributed by atoms with Crippen LogP contribution in [0.5, 0.6) is 0 Å². The van der Waals surface area contributed by atoms with E-state index in [0.29, 0.717) is 17.5 Å². The maximum Gasteiger partial charge on any atom is 0.241 e. The minimum atomic E-state index is 0.264. The smallest absolute Gasteiger partial charge is 0.241 e. The highest BCUT2D eigenvalue weighted by atomic mass is 16.4. The van der Waals surface area contributed by atoms with Gasteiger partial charge in [0.1, 0.15) is 0 Å². The van der Waals surface area contributed by atoms with Crippen LogP contribution < -0.4 is 5.73 Å². The summed E-state index contributed by atoms with van der Waals surface area (Å²) >= 11 is 0. The molecule has 0 radical (unpaired) electrons. The number of nitrogens with two attached hydrogens (primary N) is 1. The predicted octanol–water partition coefficient (Wildman–Crippen LogP) is -0.676. The van der Waals surface area contributed by atoms with Gasteiger partial charge in [0.05, 0.1) is 19.8 Å². The summed E-state index contributed by atoms with van der Waals surface area (Å²) < 4.78 is 5.22. The third-order valence-corrected chi connectivity index (χ3v) is 1.46. The van der Waals surface area contributed by atoms with Crippen LogP contribution in [0.2, 0.25) is 0 Å². The molecule has 2 N–H and O–H groups in total. The van der Waals surface area contributed by atoms with Crippen molar-refractivity contribution in [1.29, 1.82) is 0 Å². The first-order valence-electron chi connectivity index (χ1n) is 3.68. The van der Waals surface area contributed by atoms with Crippen molar-refractivity contribution in [2.75, 3.05) is 0 Å². The van der Waals surface area contributed by atoms with Crippen molar-refractivity contribution in [3.8, 4) is 11.6 Å². The van der Waals surface area contributed by atoms with Crippen LogP contribution in [0.25, 0.3) is 11.6 Å². The van der Waals surface area contributed by atoms with Gasteiger partial charge >= 0.3 is 0 Å². The molecule has 2 aromatic heterocycles. The highest BCUT2D eigenvalue weighted by molar-refractivity contribution is 5.42. The quantitative estimate of drug-likeness (QED) is 0.658.